The van der Waals surface area contributed by atoms with Crippen LogP contribution in [0.1, 0.15) is 86.2 Å². The quantitative estimate of drug-likeness (QED) is 0.162. The predicted molar refractivity (Wildman–Crippen MR) is 238 cm³/mol. The number of pyridine rings is 1. The maximum Gasteiger partial charge on any atom is 0.148 e. The van der Waals surface area contributed by atoms with Gasteiger partial charge in [0, 0.05) is 39.9 Å². The fourth-order valence-corrected chi connectivity index (χ4v) is 7.24. The summed E-state index contributed by atoms with van der Waals surface area (Å²) in [5.74, 6) is -0.233. The Morgan fingerprint density at radius 2 is 1.36 bits per heavy atom. The van der Waals surface area contributed by atoms with Crippen LogP contribution in [0.25, 0.3) is 72.7 Å². The van der Waals surface area contributed by atoms with Gasteiger partial charge in [-0.25, -0.2) is 4.98 Å². The van der Waals surface area contributed by atoms with E-state index in [-0.39, 0.29) is 55.3 Å². The van der Waals surface area contributed by atoms with Crippen molar-refractivity contribution in [2.75, 3.05) is 0 Å². The Morgan fingerprint density at radius 1 is 0.672 bits per heavy atom. The zero-order valence-corrected chi connectivity index (χ0v) is 36.3. The molecule has 0 aliphatic carbocycles. The minimum atomic E-state index is -0.863. The Morgan fingerprint density at radius 3 is 2.05 bits per heavy atom. The molecular weight excluding hydrogens is 890 g/mol. The Labute approximate surface area is 366 Å². The van der Waals surface area contributed by atoms with Gasteiger partial charge in [-0.3, -0.25) is 9.55 Å². The van der Waals surface area contributed by atoms with Gasteiger partial charge < -0.3 is 5.11 Å². The van der Waals surface area contributed by atoms with Gasteiger partial charge in [0.15, 0.2) is 0 Å². The van der Waals surface area contributed by atoms with Crippen molar-refractivity contribution in [1.29, 1.82) is 0 Å². The summed E-state index contributed by atoms with van der Waals surface area (Å²) >= 11 is 0. The van der Waals surface area contributed by atoms with Crippen LogP contribution in [-0.4, -0.2) is 19.6 Å². The van der Waals surface area contributed by atoms with E-state index in [0.717, 1.165) is 44.6 Å². The average Bonchev–Trinajstić information content (AvgIpc) is 3.63. The second-order valence-corrected chi connectivity index (χ2v) is 16.9. The largest absolute Gasteiger partial charge is 0.507 e. The monoisotopic (exact) mass is 945 g/mol. The predicted octanol–water partition coefficient (Wildman–Crippen LogP) is 14.0. The van der Waals surface area contributed by atoms with Gasteiger partial charge >= 0.3 is 0 Å². The third-order valence-corrected chi connectivity index (χ3v) is 10.6. The van der Waals surface area contributed by atoms with Crippen molar-refractivity contribution in [3.63, 3.8) is 0 Å². The van der Waals surface area contributed by atoms with Gasteiger partial charge in [-0.1, -0.05) is 157 Å². The number of hydrogen-bond acceptors (Lipinski definition) is 3. The Balaban J connectivity index is 0.00000612. The molecule has 4 nitrogen and oxygen atoms in total. The topological polar surface area (TPSA) is 50.9 Å². The van der Waals surface area contributed by atoms with Crippen molar-refractivity contribution in [3.8, 4) is 67.5 Å². The van der Waals surface area contributed by atoms with Crippen molar-refractivity contribution in [3.05, 3.63) is 168 Å². The molecule has 8 rings (SSSR count). The Hall–Kier alpha value is -5.57. The summed E-state index contributed by atoms with van der Waals surface area (Å²) in [6.07, 6.45) is 1.59. The molecule has 0 unspecified atom stereocenters. The van der Waals surface area contributed by atoms with Crippen molar-refractivity contribution in [2.45, 2.75) is 72.1 Å². The van der Waals surface area contributed by atoms with Crippen LogP contribution in [0.4, 0.5) is 0 Å². The molecule has 1 N–H and O–H groups in total. The van der Waals surface area contributed by atoms with Crippen LogP contribution in [0.2, 0.25) is 0 Å². The molecule has 0 spiro atoms. The number of hydrogen-bond donors (Lipinski definition) is 1. The number of aromatic hydroxyl groups is 1. The fraction of sp³-hybridized carbons (Fsp3) is 0.208. The SMILES string of the molecule is [2H]c1c([2H])c([2H])c(-c2ccnc(-c3[c-]c(-c4cccc5c4nc(-c4ccccc4O)n5-c4ccc(C([2H])(C)C)cc4-c4ccc(C(C)(C)C)cc4)cc(C(C)(C)C)c3)c2)c([2H])c1[2H].[Pt]. The molecule has 58 heavy (non-hydrogen) atoms. The number of benzene rings is 6. The number of rotatable bonds is 7. The summed E-state index contributed by atoms with van der Waals surface area (Å²) in [6, 6.07) is 37.4. The molecule has 0 fully saturated rings. The van der Waals surface area contributed by atoms with Crippen molar-refractivity contribution < 1.29 is 34.4 Å². The molecule has 0 atom stereocenters. The number of imidazole rings is 1. The molecule has 5 heteroatoms. The van der Waals surface area contributed by atoms with Gasteiger partial charge in [0.2, 0.25) is 0 Å². The first-order valence-electron chi connectivity index (χ1n) is 22.3. The Kier molecular flexibility index (Phi) is 9.21. The van der Waals surface area contributed by atoms with E-state index in [4.69, 9.17) is 18.2 Å². The smallest absolute Gasteiger partial charge is 0.148 e. The van der Waals surface area contributed by atoms with Gasteiger partial charge in [-0.05, 0) is 80.9 Å². The number of para-hydroxylation sites is 2. The van der Waals surface area contributed by atoms with Gasteiger partial charge in [-0.15, -0.1) is 29.3 Å². The first-order chi connectivity index (χ1) is 29.6. The van der Waals surface area contributed by atoms with Gasteiger partial charge in [-0.2, -0.15) is 0 Å². The number of nitrogens with zero attached hydrogens (tertiary/aromatic N) is 3. The van der Waals surface area contributed by atoms with Gasteiger partial charge in [0.25, 0.3) is 0 Å². The molecule has 294 valence electrons. The number of fused-ring (bicyclic) bond motifs is 1. The molecule has 0 saturated heterocycles. The first-order valence-corrected chi connectivity index (χ1v) is 19.3. The summed E-state index contributed by atoms with van der Waals surface area (Å²) in [6.45, 7) is 16.8. The molecule has 6 aromatic carbocycles. The fourth-order valence-electron chi connectivity index (χ4n) is 7.24. The third kappa shape index (κ3) is 7.96. The molecule has 2 heterocycles. The van der Waals surface area contributed by atoms with Crippen LogP contribution in [0.15, 0.2) is 146 Å². The van der Waals surface area contributed by atoms with E-state index in [2.05, 4.69) is 94.6 Å². The molecule has 2 aromatic heterocycles. The second kappa shape index (κ2) is 16.0. The zero-order valence-electron chi connectivity index (χ0n) is 40.1. The third-order valence-electron chi connectivity index (χ3n) is 10.6. The molecular formula is C53H50N3OPt-. The van der Waals surface area contributed by atoms with Crippen LogP contribution in [0, 0.1) is 6.07 Å². The molecule has 0 bridgehead atoms. The summed E-state index contributed by atoms with van der Waals surface area (Å²) in [5, 5.41) is 11.4. The van der Waals surface area contributed by atoms with E-state index in [1.165, 1.54) is 5.56 Å². The minimum absolute atomic E-state index is 0. The van der Waals surface area contributed by atoms with Gasteiger partial charge in [0.05, 0.1) is 29.1 Å². The molecule has 8 aromatic rings. The van der Waals surface area contributed by atoms with Crippen LogP contribution < -0.4 is 0 Å². The number of phenolic OH excluding ortho intramolecular Hbond substituents is 1. The van der Waals surface area contributed by atoms with Crippen LogP contribution >= 0.6 is 0 Å². The summed E-state index contributed by atoms with van der Waals surface area (Å²) in [5.41, 5.74) is 10.8. The van der Waals surface area contributed by atoms with E-state index < -0.39 is 24.0 Å². The minimum Gasteiger partial charge on any atom is -0.507 e. The van der Waals surface area contributed by atoms with E-state index >= 15 is 0 Å². The summed E-state index contributed by atoms with van der Waals surface area (Å²) < 4.78 is 53.1. The maximum atomic E-state index is 11.4. The van der Waals surface area contributed by atoms with E-state index in [9.17, 15) is 5.11 Å². The molecule has 0 radical (unpaired) electrons. The van der Waals surface area contributed by atoms with Crippen LogP contribution in [0.5, 0.6) is 5.75 Å². The van der Waals surface area contributed by atoms with Crippen molar-refractivity contribution >= 4 is 11.0 Å². The zero-order chi connectivity index (χ0) is 45.3. The van der Waals surface area contributed by atoms with Crippen LogP contribution in [0.3, 0.4) is 0 Å². The van der Waals surface area contributed by atoms with Crippen molar-refractivity contribution in [2.24, 2.45) is 0 Å². The molecule has 0 aliphatic rings. The summed E-state index contributed by atoms with van der Waals surface area (Å²) in [4.78, 5) is 10.1. The van der Waals surface area contributed by atoms with E-state index in [1.807, 2.05) is 56.3 Å². The standard InChI is InChI=1S/C53H50N3O.Pt/c1-34(2)37-23-26-47(45(32-37)36-21-24-41(25-22-36)52(3,4)5)56-48-19-14-18-43(50(48)55-51(56)44-17-12-13-20-49(44)57)39-29-40(31-42(30-39)53(6,7)8)46-33-38(27-28-54-46)35-15-10-9-11-16-35;/h9-28,30-34,57H,1-8H3;/q-1;/i9D,10D,11D,15D,16D,34D;. The molecule has 0 amide bonds. The average molecular weight is 946 g/mol. The normalized spacial score (nSPS) is 13.5. The number of aromatic nitrogens is 3. The Bertz CT molecular complexity index is 3060. The van der Waals surface area contributed by atoms with Crippen LogP contribution in [-0.2, 0) is 31.9 Å². The second-order valence-electron chi connectivity index (χ2n) is 16.9. The van der Waals surface area contributed by atoms with Crippen molar-refractivity contribution in [1.82, 2.24) is 14.5 Å². The number of phenols is 1. The first kappa shape index (κ1) is 33.4. The van der Waals surface area contributed by atoms with E-state index in [1.54, 1.807) is 30.5 Å². The summed E-state index contributed by atoms with van der Waals surface area (Å²) in [7, 11) is 0. The molecule has 0 aliphatic heterocycles. The molecule has 0 saturated carbocycles. The maximum absolute atomic E-state index is 11.4. The van der Waals surface area contributed by atoms with Gasteiger partial charge in [0.1, 0.15) is 11.6 Å². The van der Waals surface area contributed by atoms with E-state index in [0.29, 0.717) is 33.7 Å².